The first-order valence-corrected chi connectivity index (χ1v) is 11.4. The Morgan fingerprint density at radius 2 is 1.84 bits per heavy atom. The minimum absolute atomic E-state index is 0.0390. The maximum absolute atomic E-state index is 13.9. The predicted molar refractivity (Wildman–Crippen MR) is 118 cm³/mol. The Labute approximate surface area is 191 Å². The third kappa shape index (κ3) is 3.63. The Morgan fingerprint density at radius 3 is 2.47 bits per heavy atom. The Morgan fingerprint density at radius 1 is 1.09 bits per heavy atom. The molecule has 32 heavy (non-hydrogen) atoms. The molecule has 11 heteroatoms. The van der Waals surface area contributed by atoms with Gasteiger partial charge in [0.1, 0.15) is 11.6 Å². The molecule has 0 radical (unpaired) electrons. The van der Waals surface area contributed by atoms with Gasteiger partial charge in [-0.1, -0.05) is 24.3 Å². The summed E-state index contributed by atoms with van der Waals surface area (Å²) >= 11 is 3.13. The summed E-state index contributed by atoms with van der Waals surface area (Å²) in [5, 5.41) is -0.262. The van der Waals surface area contributed by atoms with Crippen LogP contribution in [0.3, 0.4) is 0 Å². The molecular formula is C21H16BrFN4O4S. The smallest absolute Gasteiger partial charge is 0.356 e. The molecule has 8 nitrogen and oxygen atoms in total. The molecule has 0 fully saturated rings. The number of carbonyl (C=O) groups excluding carboxylic acids is 1. The van der Waals surface area contributed by atoms with E-state index in [1.807, 2.05) is 0 Å². The number of nitrogens with zero attached hydrogens (tertiary/aromatic N) is 3. The summed E-state index contributed by atoms with van der Waals surface area (Å²) < 4.78 is 44.4. The van der Waals surface area contributed by atoms with Crippen LogP contribution in [0.15, 0.2) is 81.4 Å². The first-order valence-electron chi connectivity index (χ1n) is 9.20. The molecule has 3 aromatic rings. The van der Waals surface area contributed by atoms with E-state index in [1.54, 1.807) is 12.1 Å². The molecule has 164 valence electrons. The van der Waals surface area contributed by atoms with Crippen LogP contribution in [0.1, 0.15) is 11.1 Å². The fourth-order valence-corrected chi connectivity index (χ4v) is 4.60. The normalized spacial score (nSPS) is 18.5. The number of hydrogen-bond acceptors (Lipinski definition) is 7. The van der Waals surface area contributed by atoms with Crippen LogP contribution in [0.2, 0.25) is 0 Å². The van der Waals surface area contributed by atoms with Crippen molar-refractivity contribution in [1.82, 2.24) is 9.88 Å². The van der Waals surface area contributed by atoms with Crippen LogP contribution in [0.25, 0.3) is 0 Å². The average molecular weight is 519 g/mol. The lowest BCUT2D eigenvalue weighted by molar-refractivity contribution is -0.129. The highest BCUT2D eigenvalue weighted by Crippen LogP contribution is 2.41. The van der Waals surface area contributed by atoms with E-state index in [0.29, 0.717) is 11.1 Å². The van der Waals surface area contributed by atoms with Crippen LogP contribution in [-0.4, -0.2) is 37.2 Å². The predicted octanol–water partition coefficient (Wildman–Crippen LogP) is 2.78. The summed E-state index contributed by atoms with van der Waals surface area (Å²) in [5.74, 6) is -1.09. The lowest BCUT2D eigenvalue weighted by atomic mass is 9.82. The molecule has 0 aliphatic carbocycles. The minimum atomic E-state index is -4.21. The van der Waals surface area contributed by atoms with Crippen molar-refractivity contribution in [3.63, 3.8) is 0 Å². The molecule has 1 unspecified atom stereocenters. The third-order valence-electron chi connectivity index (χ3n) is 4.93. The molecule has 0 spiro atoms. The quantitative estimate of drug-likeness (QED) is 0.519. The number of benzene rings is 2. The zero-order valence-corrected chi connectivity index (χ0v) is 19.0. The number of halogens is 2. The highest BCUT2D eigenvalue weighted by atomic mass is 79.9. The van der Waals surface area contributed by atoms with E-state index in [0.717, 1.165) is 0 Å². The standard InChI is InChI=1S/C21H16BrFN4O4S/c1-27-19(28)21(26-20(27)24,14-8-9-17(23)16(22)12-14)13-5-4-6-15(11-13)31-32(29,30)18-7-2-3-10-25-18/h2-12H,1H3,(H2,24,26). The molecule has 0 bridgehead atoms. The van der Waals surface area contributed by atoms with E-state index >= 15 is 0 Å². The Kier molecular flexibility index (Phi) is 5.47. The lowest BCUT2D eigenvalue weighted by Crippen LogP contribution is -2.41. The molecule has 0 saturated heterocycles. The van der Waals surface area contributed by atoms with Crippen molar-refractivity contribution >= 4 is 37.9 Å². The van der Waals surface area contributed by atoms with Gasteiger partial charge in [-0.2, -0.15) is 8.42 Å². The van der Waals surface area contributed by atoms with Crippen molar-refractivity contribution in [3.8, 4) is 5.75 Å². The highest BCUT2D eigenvalue weighted by Gasteiger charge is 2.50. The topological polar surface area (TPSA) is 115 Å². The number of aromatic nitrogens is 1. The highest BCUT2D eigenvalue weighted by molar-refractivity contribution is 9.10. The van der Waals surface area contributed by atoms with Gasteiger partial charge in [-0.05, 0) is 63.5 Å². The van der Waals surface area contributed by atoms with Crippen LogP contribution in [0.5, 0.6) is 5.75 Å². The monoisotopic (exact) mass is 518 g/mol. The first-order chi connectivity index (χ1) is 15.1. The number of nitrogens with two attached hydrogens (primary N) is 1. The molecular weight excluding hydrogens is 503 g/mol. The van der Waals surface area contributed by atoms with Gasteiger partial charge in [-0.25, -0.2) is 14.4 Å². The lowest BCUT2D eigenvalue weighted by Gasteiger charge is -2.26. The molecule has 2 aromatic carbocycles. The zero-order valence-electron chi connectivity index (χ0n) is 16.6. The van der Waals surface area contributed by atoms with E-state index in [1.165, 1.54) is 66.7 Å². The minimum Gasteiger partial charge on any atom is -0.378 e. The van der Waals surface area contributed by atoms with Gasteiger partial charge < -0.3 is 9.92 Å². The van der Waals surface area contributed by atoms with Crippen molar-refractivity contribution in [3.05, 3.63) is 88.3 Å². The fraction of sp³-hybridized carbons (Fsp3) is 0.0952. The molecule has 1 atom stereocenters. The summed E-state index contributed by atoms with van der Waals surface area (Å²) in [6.07, 6.45) is 1.33. The van der Waals surface area contributed by atoms with Crippen molar-refractivity contribution in [2.45, 2.75) is 10.6 Å². The van der Waals surface area contributed by atoms with Crippen LogP contribution < -0.4 is 9.92 Å². The van der Waals surface area contributed by atoms with Gasteiger partial charge in [0.2, 0.25) is 0 Å². The molecule has 1 aliphatic rings. The van der Waals surface area contributed by atoms with Crippen molar-refractivity contribution in [2.75, 3.05) is 7.05 Å². The number of rotatable bonds is 5. The summed E-state index contributed by atoms with van der Waals surface area (Å²) in [6.45, 7) is 0. The molecule has 2 N–H and O–H groups in total. The van der Waals surface area contributed by atoms with Gasteiger partial charge in [0.05, 0.1) is 4.47 Å². The molecule has 2 heterocycles. The average Bonchev–Trinajstić information content (AvgIpc) is 3.01. The molecule has 1 amide bonds. The summed E-state index contributed by atoms with van der Waals surface area (Å²) in [4.78, 5) is 22.7. The number of likely N-dealkylation sites (N-methyl/N-ethyl adjacent to an activating group) is 1. The van der Waals surface area contributed by atoms with Crippen LogP contribution in [-0.2, 0) is 20.5 Å². The van der Waals surface area contributed by atoms with Crippen molar-refractivity contribution in [2.24, 2.45) is 10.7 Å². The van der Waals surface area contributed by atoms with Crippen molar-refractivity contribution in [1.29, 1.82) is 0 Å². The summed E-state index contributed by atoms with van der Waals surface area (Å²) in [7, 11) is -2.74. The van der Waals surface area contributed by atoms with Crippen LogP contribution in [0.4, 0.5) is 4.39 Å². The second kappa shape index (κ2) is 7.99. The Hall–Kier alpha value is -3.31. The number of hydrogen-bond donors (Lipinski definition) is 1. The van der Waals surface area contributed by atoms with Gasteiger partial charge in [0.15, 0.2) is 16.5 Å². The molecule has 0 saturated carbocycles. The van der Waals surface area contributed by atoms with E-state index in [2.05, 4.69) is 25.9 Å². The SMILES string of the molecule is CN1C(=O)C(c2cccc(OS(=O)(=O)c3ccccn3)c2)(c2ccc(F)c(Br)c2)N=C1N. The Bertz CT molecular complexity index is 1350. The van der Waals surface area contributed by atoms with E-state index in [4.69, 9.17) is 9.92 Å². The summed E-state index contributed by atoms with van der Waals surface area (Å²) in [5.41, 5.74) is 4.92. The Balaban J connectivity index is 1.84. The fourth-order valence-electron chi connectivity index (χ4n) is 3.34. The van der Waals surface area contributed by atoms with Gasteiger partial charge in [-0.15, -0.1) is 0 Å². The van der Waals surface area contributed by atoms with Gasteiger partial charge in [0.25, 0.3) is 5.91 Å². The zero-order chi connectivity index (χ0) is 23.1. The summed E-state index contributed by atoms with van der Waals surface area (Å²) in [6, 6.07) is 14.4. The van der Waals surface area contributed by atoms with E-state index < -0.39 is 27.4 Å². The third-order valence-corrected chi connectivity index (χ3v) is 6.70. The number of aliphatic imine (C=N–C) groups is 1. The largest absolute Gasteiger partial charge is 0.378 e. The first kappa shape index (κ1) is 21.9. The second-order valence-corrected chi connectivity index (χ2v) is 9.25. The maximum Gasteiger partial charge on any atom is 0.356 e. The van der Waals surface area contributed by atoms with Gasteiger partial charge in [-0.3, -0.25) is 9.69 Å². The van der Waals surface area contributed by atoms with Crippen LogP contribution >= 0.6 is 15.9 Å². The van der Waals surface area contributed by atoms with Gasteiger partial charge >= 0.3 is 10.1 Å². The number of pyridine rings is 1. The molecule has 1 aliphatic heterocycles. The van der Waals surface area contributed by atoms with Crippen LogP contribution in [0, 0.1) is 5.82 Å². The maximum atomic E-state index is 13.9. The molecule has 1 aromatic heterocycles. The second-order valence-electron chi connectivity index (χ2n) is 6.91. The number of amides is 1. The number of guanidine groups is 1. The number of carbonyl (C=O) groups is 1. The van der Waals surface area contributed by atoms with Crippen molar-refractivity contribution < 1.29 is 21.8 Å². The van der Waals surface area contributed by atoms with E-state index in [-0.39, 0.29) is 21.2 Å². The van der Waals surface area contributed by atoms with E-state index in [9.17, 15) is 17.6 Å². The molecule has 4 rings (SSSR count). The van der Waals surface area contributed by atoms with Gasteiger partial charge in [0, 0.05) is 13.2 Å².